The molecule has 1 aromatic heterocycles. The molecule has 2 amide bonds. The van der Waals surface area contributed by atoms with Crippen molar-refractivity contribution in [2.75, 3.05) is 12.4 Å². The molecule has 0 radical (unpaired) electrons. The van der Waals surface area contributed by atoms with Gasteiger partial charge in [0.25, 0.3) is 11.8 Å². The highest BCUT2D eigenvalue weighted by atomic mass is 16.2. The van der Waals surface area contributed by atoms with E-state index in [0.717, 1.165) is 5.52 Å². The standard InChI is InChI=1S/C17H17N5O2/c1-3-22-15-8-7-12(10-14(15)20-21-22)17(24)19-13-6-4-5-11(9-13)16(23)18-2/h4-10H,3H2,1-2H3,(H,18,23)(H,19,24). The maximum Gasteiger partial charge on any atom is 0.255 e. The van der Waals surface area contributed by atoms with Crippen LogP contribution in [0, 0.1) is 0 Å². The zero-order chi connectivity index (χ0) is 17.1. The maximum atomic E-state index is 12.4. The van der Waals surface area contributed by atoms with Crippen LogP contribution in [0.2, 0.25) is 0 Å². The van der Waals surface area contributed by atoms with Crippen LogP contribution in [0.3, 0.4) is 0 Å². The van der Waals surface area contributed by atoms with E-state index in [1.807, 2.05) is 13.0 Å². The Labute approximate surface area is 138 Å². The van der Waals surface area contributed by atoms with E-state index in [0.29, 0.717) is 28.9 Å². The highest BCUT2D eigenvalue weighted by molar-refractivity contribution is 6.06. The summed E-state index contributed by atoms with van der Waals surface area (Å²) < 4.78 is 1.77. The summed E-state index contributed by atoms with van der Waals surface area (Å²) in [5.41, 5.74) is 3.07. The van der Waals surface area contributed by atoms with Crippen molar-refractivity contribution in [3.05, 3.63) is 53.6 Å². The van der Waals surface area contributed by atoms with Gasteiger partial charge in [-0.25, -0.2) is 4.68 Å². The number of carbonyl (C=O) groups excluding carboxylic acids is 2. The topological polar surface area (TPSA) is 88.9 Å². The third-order valence-electron chi connectivity index (χ3n) is 3.69. The van der Waals surface area contributed by atoms with Crippen LogP contribution in [0.25, 0.3) is 11.0 Å². The van der Waals surface area contributed by atoms with Gasteiger partial charge in [0.2, 0.25) is 0 Å². The van der Waals surface area contributed by atoms with E-state index >= 15 is 0 Å². The van der Waals surface area contributed by atoms with Crippen molar-refractivity contribution in [3.8, 4) is 0 Å². The van der Waals surface area contributed by atoms with Gasteiger partial charge < -0.3 is 10.6 Å². The number of hydrogen-bond donors (Lipinski definition) is 2. The van der Waals surface area contributed by atoms with Crippen LogP contribution in [0.5, 0.6) is 0 Å². The van der Waals surface area contributed by atoms with Gasteiger partial charge in [-0.15, -0.1) is 5.10 Å². The Morgan fingerprint density at radius 1 is 1.08 bits per heavy atom. The molecule has 0 saturated heterocycles. The van der Waals surface area contributed by atoms with E-state index in [9.17, 15) is 9.59 Å². The molecule has 0 fully saturated rings. The summed E-state index contributed by atoms with van der Waals surface area (Å²) in [5.74, 6) is -0.472. The van der Waals surface area contributed by atoms with Crippen LogP contribution < -0.4 is 10.6 Å². The number of rotatable bonds is 4. The number of aryl methyl sites for hydroxylation is 1. The van der Waals surface area contributed by atoms with Gasteiger partial charge in [-0.3, -0.25) is 9.59 Å². The largest absolute Gasteiger partial charge is 0.355 e. The number of fused-ring (bicyclic) bond motifs is 1. The molecule has 0 unspecified atom stereocenters. The van der Waals surface area contributed by atoms with Crippen molar-refractivity contribution in [3.63, 3.8) is 0 Å². The quantitative estimate of drug-likeness (QED) is 0.769. The summed E-state index contributed by atoms with van der Waals surface area (Å²) >= 11 is 0. The molecule has 2 N–H and O–H groups in total. The van der Waals surface area contributed by atoms with Crippen LogP contribution >= 0.6 is 0 Å². The number of nitrogens with zero attached hydrogens (tertiary/aromatic N) is 3. The molecular formula is C17H17N5O2. The van der Waals surface area contributed by atoms with Crippen LogP contribution in [-0.4, -0.2) is 33.9 Å². The lowest BCUT2D eigenvalue weighted by molar-refractivity contribution is 0.0961. The summed E-state index contributed by atoms with van der Waals surface area (Å²) in [7, 11) is 1.56. The van der Waals surface area contributed by atoms with Gasteiger partial charge in [0.05, 0.1) is 5.52 Å². The van der Waals surface area contributed by atoms with Gasteiger partial charge in [0.15, 0.2) is 0 Å². The Hall–Kier alpha value is -3.22. The fourth-order valence-corrected chi connectivity index (χ4v) is 2.43. The van der Waals surface area contributed by atoms with Gasteiger partial charge in [0, 0.05) is 30.4 Å². The minimum absolute atomic E-state index is 0.205. The average molecular weight is 323 g/mol. The second-order valence-electron chi connectivity index (χ2n) is 5.22. The van der Waals surface area contributed by atoms with E-state index in [4.69, 9.17) is 0 Å². The molecule has 3 aromatic rings. The van der Waals surface area contributed by atoms with Gasteiger partial charge in [0.1, 0.15) is 5.52 Å². The minimum atomic E-state index is -0.267. The van der Waals surface area contributed by atoms with Gasteiger partial charge in [-0.2, -0.15) is 0 Å². The highest BCUT2D eigenvalue weighted by Gasteiger charge is 2.11. The van der Waals surface area contributed by atoms with Crippen molar-refractivity contribution >= 4 is 28.5 Å². The molecule has 2 aromatic carbocycles. The lowest BCUT2D eigenvalue weighted by Crippen LogP contribution is -2.18. The lowest BCUT2D eigenvalue weighted by Gasteiger charge is -2.07. The molecular weight excluding hydrogens is 306 g/mol. The molecule has 0 spiro atoms. The highest BCUT2D eigenvalue weighted by Crippen LogP contribution is 2.16. The van der Waals surface area contributed by atoms with Crippen LogP contribution in [-0.2, 0) is 6.54 Å². The summed E-state index contributed by atoms with van der Waals surface area (Å²) in [6, 6.07) is 12.0. The Kier molecular flexibility index (Phi) is 4.24. The minimum Gasteiger partial charge on any atom is -0.355 e. The molecule has 24 heavy (non-hydrogen) atoms. The Morgan fingerprint density at radius 2 is 1.88 bits per heavy atom. The molecule has 3 rings (SSSR count). The van der Waals surface area contributed by atoms with E-state index in [-0.39, 0.29) is 11.8 Å². The second kappa shape index (κ2) is 6.49. The first-order valence-corrected chi connectivity index (χ1v) is 7.59. The van der Waals surface area contributed by atoms with Crippen molar-refractivity contribution < 1.29 is 9.59 Å². The maximum absolute atomic E-state index is 12.4. The third-order valence-corrected chi connectivity index (χ3v) is 3.69. The molecule has 7 heteroatoms. The molecule has 0 aliphatic carbocycles. The monoisotopic (exact) mass is 323 g/mol. The van der Waals surface area contributed by atoms with Crippen molar-refractivity contribution in [1.82, 2.24) is 20.3 Å². The Morgan fingerprint density at radius 3 is 2.62 bits per heavy atom. The smallest absolute Gasteiger partial charge is 0.255 e. The molecule has 7 nitrogen and oxygen atoms in total. The molecule has 0 atom stereocenters. The fraction of sp³-hybridized carbons (Fsp3) is 0.176. The lowest BCUT2D eigenvalue weighted by atomic mass is 10.1. The molecule has 0 aliphatic heterocycles. The summed E-state index contributed by atoms with van der Waals surface area (Å²) in [5, 5.41) is 13.4. The number of aromatic nitrogens is 3. The number of carbonyl (C=O) groups is 2. The van der Waals surface area contributed by atoms with E-state index < -0.39 is 0 Å². The molecule has 0 aliphatic rings. The molecule has 0 saturated carbocycles. The summed E-state index contributed by atoms with van der Waals surface area (Å²) in [6.45, 7) is 2.70. The van der Waals surface area contributed by atoms with Crippen LogP contribution in [0.15, 0.2) is 42.5 Å². The van der Waals surface area contributed by atoms with Crippen LogP contribution in [0.1, 0.15) is 27.6 Å². The predicted molar refractivity (Wildman–Crippen MR) is 91.0 cm³/mol. The van der Waals surface area contributed by atoms with Crippen molar-refractivity contribution in [1.29, 1.82) is 0 Å². The first-order chi connectivity index (χ1) is 11.6. The number of nitrogens with one attached hydrogen (secondary N) is 2. The predicted octanol–water partition coefficient (Wildman–Crippen LogP) is 2.06. The Bertz CT molecular complexity index is 916. The SMILES string of the molecule is CCn1nnc2cc(C(=O)Nc3cccc(C(=O)NC)c3)ccc21. The normalized spacial score (nSPS) is 10.6. The van der Waals surface area contributed by atoms with E-state index in [1.165, 1.54) is 0 Å². The van der Waals surface area contributed by atoms with E-state index in [2.05, 4.69) is 20.9 Å². The van der Waals surface area contributed by atoms with Gasteiger partial charge >= 0.3 is 0 Å². The first-order valence-electron chi connectivity index (χ1n) is 7.59. The molecule has 122 valence electrons. The molecule has 1 heterocycles. The zero-order valence-electron chi connectivity index (χ0n) is 13.4. The summed E-state index contributed by atoms with van der Waals surface area (Å²) in [4.78, 5) is 24.1. The van der Waals surface area contributed by atoms with Gasteiger partial charge in [-0.05, 0) is 43.3 Å². The second-order valence-corrected chi connectivity index (χ2v) is 5.22. The van der Waals surface area contributed by atoms with E-state index in [1.54, 1.807) is 48.1 Å². The number of anilines is 1. The average Bonchev–Trinajstić information content (AvgIpc) is 3.03. The number of benzene rings is 2. The van der Waals surface area contributed by atoms with Crippen molar-refractivity contribution in [2.24, 2.45) is 0 Å². The first kappa shape index (κ1) is 15.7. The number of hydrogen-bond acceptors (Lipinski definition) is 4. The molecule has 0 bridgehead atoms. The van der Waals surface area contributed by atoms with Crippen molar-refractivity contribution in [2.45, 2.75) is 13.5 Å². The van der Waals surface area contributed by atoms with Gasteiger partial charge in [-0.1, -0.05) is 11.3 Å². The zero-order valence-corrected chi connectivity index (χ0v) is 13.4. The number of amides is 2. The fourth-order valence-electron chi connectivity index (χ4n) is 2.43. The summed E-state index contributed by atoms with van der Waals surface area (Å²) in [6.07, 6.45) is 0. The third kappa shape index (κ3) is 2.96. The Balaban J connectivity index is 1.83. The van der Waals surface area contributed by atoms with Crippen LogP contribution in [0.4, 0.5) is 5.69 Å².